The van der Waals surface area contributed by atoms with Gasteiger partial charge >= 0.3 is 6.03 Å². The van der Waals surface area contributed by atoms with Gasteiger partial charge in [-0.15, -0.1) is 0 Å². The number of rotatable bonds is 5. The Hall–Kier alpha value is -3.33. The predicted molar refractivity (Wildman–Crippen MR) is 123 cm³/mol. The van der Waals surface area contributed by atoms with Crippen LogP contribution in [0.2, 0.25) is 0 Å². The molecule has 1 aliphatic heterocycles. The number of anilines is 1. The van der Waals surface area contributed by atoms with E-state index in [0.29, 0.717) is 42.5 Å². The number of carbonyl (C=O) groups excluding carboxylic acids is 2. The summed E-state index contributed by atoms with van der Waals surface area (Å²) in [7, 11) is 0. The van der Waals surface area contributed by atoms with Crippen molar-refractivity contribution in [2.45, 2.75) is 24.0 Å². The molecule has 2 heterocycles. The summed E-state index contributed by atoms with van der Waals surface area (Å²) in [5, 5.41) is 6.60. The monoisotopic (exact) mass is 453 g/mol. The number of aromatic nitrogens is 2. The molecule has 2 N–H and O–H groups in total. The van der Waals surface area contributed by atoms with Crippen molar-refractivity contribution in [2.24, 2.45) is 0 Å². The van der Waals surface area contributed by atoms with Gasteiger partial charge in [0.2, 0.25) is 0 Å². The number of hydrogen-bond acceptors (Lipinski definition) is 4. The number of carbonyl (C=O) groups is 2. The van der Waals surface area contributed by atoms with Gasteiger partial charge in [0, 0.05) is 30.5 Å². The fourth-order valence-corrected chi connectivity index (χ4v) is 4.23. The average molecular weight is 454 g/mol. The second-order valence-corrected chi connectivity index (χ2v) is 8.25. The van der Waals surface area contributed by atoms with E-state index in [1.807, 2.05) is 36.6 Å². The van der Waals surface area contributed by atoms with E-state index in [4.69, 9.17) is 0 Å². The molecule has 0 aliphatic carbocycles. The largest absolute Gasteiger partial charge is 0.348 e. The van der Waals surface area contributed by atoms with Gasteiger partial charge in [-0.25, -0.2) is 14.2 Å². The summed E-state index contributed by atoms with van der Waals surface area (Å²) in [6.07, 6.45) is 4.73. The Morgan fingerprint density at radius 2 is 1.75 bits per heavy atom. The van der Waals surface area contributed by atoms with Crippen molar-refractivity contribution in [1.82, 2.24) is 19.8 Å². The number of nitrogens with one attached hydrogen (secondary N) is 2. The molecule has 0 atom stereocenters. The highest BCUT2D eigenvalue weighted by Gasteiger charge is 2.26. The third-order valence-electron chi connectivity index (χ3n) is 5.37. The lowest BCUT2D eigenvalue weighted by Gasteiger charge is -2.32. The molecule has 166 valence electrons. The Morgan fingerprint density at radius 1 is 1.06 bits per heavy atom. The Morgan fingerprint density at radius 3 is 2.41 bits per heavy atom. The lowest BCUT2D eigenvalue weighted by Crippen LogP contribution is -2.48. The zero-order valence-electron chi connectivity index (χ0n) is 17.6. The third-order valence-corrected chi connectivity index (χ3v) is 6.03. The SMILES string of the molecule is CSc1ncc(C(=O)NC2CCN(C(=O)Nc3ccccc3)CC2)n1-c1ccc(F)cc1. The second-order valence-electron chi connectivity index (χ2n) is 7.47. The Labute approximate surface area is 190 Å². The van der Waals surface area contributed by atoms with Gasteiger partial charge in [-0.05, 0) is 55.5 Å². The molecule has 1 aromatic heterocycles. The number of benzene rings is 2. The molecule has 1 fully saturated rings. The van der Waals surface area contributed by atoms with E-state index in [2.05, 4.69) is 15.6 Å². The zero-order valence-corrected chi connectivity index (χ0v) is 18.4. The topological polar surface area (TPSA) is 79.3 Å². The molecule has 0 spiro atoms. The van der Waals surface area contributed by atoms with Gasteiger partial charge in [-0.2, -0.15) is 0 Å². The van der Waals surface area contributed by atoms with Crippen LogP contribution in [0.15, 0.2) is 66.0 Å². The van der Waals surface area contributed by atoms with Gasteiger partial charge in [0.1, 0.15) is 11.5 Å². The van der Waals surface area contributed by atoms with E-state index >= 15 is 0 Å². The number of nitrogens with zero attached hydrogens (tertiary/aromatic N) is 3. The minimum atomic E-state index is -0.339. The number of amides is 3. The van der Waals surface area contributed by atoms with Gasteiger partial charge in [-0.1, -0.05) is 30.0 Å². The number of piperidine rings is 1. The van der Waals surface area contributed by atoms with Crippen molar-refractivity contribution >= 4 is 29.4 Å². The van der Waals surface area contributed by atoms with Crippen LogP contribution in [0.3, 0.4) is 0 Å². The van der Waals surface area contributed by atoms with Crippen LogP contribution in [0.1, 0.15) is 23.3 Å². The van der Waals surface area contributed by atoms with E-state index < -0.39 is 0 Å². The highest BCUT2D eigenvalue weighted by molar-refractivity contribution is 7.98. The lowest BCUT2D eigenvalue weighted by molar-refractivity contribution is 0.0911. The van der Waals surface area contributed by atoms with Crippen LogP contribution in [0.25, 0.3) is 5.69 Å². The van der Waals surface area contributed by atoms with Gasteiger partial charge in [0.25, 0.3) is 5.91 Å². The third kappa shape index (κ3) is 4.94. The van der Waals surface area contributed by atoms with E-state index in [1.54, 1.807) is 21.6 Å². The number of urea groups is 1. The average Bonchev–Trinajstić information content (AvgIpc) is 3.25. The van der Waals surface area contributed by atoms with Crippen LogP contribution in [0, 0.1) is 5.82 Å². The van der Waals surface area contributed by atoms with Crippen LogP contribution in [-0.4, -0.2) is 51.8 Å². The smallest absolute Gasteiger partial charge is 0.321 e. The minimum absolute atomic E-state index is 0.0439. The molecule has 9 heteroatoms. The van der Waals surface area contributed by atoms with Gasteiger partial charge in [0.05, 0.1) is 6.20 Å². The number of halogens is 1. The molecule has 0 radical (unpaired) electrons. The molecule has 0 unspecified atom stereocenters. The molecule has 1 aliphatic rings. The molecule has 3 aromatic rings. The Bertz CT molecular complexity index is 1080. The molecular weight excluding hydrogens is 429 g/mol. The number of imidazole rings is 1. The summed E-state index contributed by atoms with van der Waals surface area (Å²) in [5.41, 5.74) is 1.82. The fourth-order valence-electron chi connectivity index (χ4n) is 3.69. The molecule has 2 aromatic carbocycles. The van der Waals surface area contributed by atoms with Crippen LogP contribution < -0.4 is 10.6 Å². The number of thioether (sulfide) groups is 1. The lowest BCUT2D eigenvalue weighted by atomic mass is 10.1. The maximum Gasteiger partial charge on any atom is 0.321 e. The van der Waals surface area contributed by atoms with Crippen molar-refractivity contribution in [2.75, 3.05) is 24.7 Å². The van der Waals surface area contributed by atoms with Crippen molar-refractivity contribution in [3.8, 4) is 5.69 Å². The molecule has 7 nitrogen and oxygen atoms in total. The first-order valence-corrected chi connectivity index (χ1v) is 11.6. The van der Waals surface area contributed by atoms with Gasteiger partial charge in [0.15, 0.2) is 5.16 Å². The van der Waals surface area contributed by atoms with Crippen molar-refractivity contribution < 1.29 is 14.0 Å². The van der Waals surface area contributed by atoms with Gasteiger partial charge < -0.3 is 15.5 Å². The summed E-state index contributed by atoms with van der Waals surface area (Å²) in [4.78, 5) is 31.6. The Balaban J connectivity index is 1.38. The summed E-state index contributed by atoms with van der Waals surface area (Å²) in [5.74, 6) is -0.581. The molecule has 3 amide bonds. The van der Waals surface area contributed by atoms with Crippen LogP contribution in [-0.2, 0) is 0 Å². The summed E-state index contributed by atoms with van der Waals surface area (Å²) in [6.45, 7) is 1.10. The normalized spacial score (nSPS) is 14.2. The molecule has 32 heavy (non-hydrogen) atoms. The van der Waals surface area contributed by atoms with E-state index in [-0.39, 0.29) is 23.8 Å². The predicted octanol–water partition coefficient (Wildman–Crippen LogP) is 4.16. The highest BCUT2D eigenvalue weighted by Crippen LogP contribution is 2.22. The van der Waals surface area contributed by atoms with E-state index in [1.165, 1.54) is 30.1 Å². The summed E-state index contributed by atoms with van der Waals surface area (Å²) < 4.78 is 15.1. The zero-order chi connectivity index (χ0) is 22.5. The second kappa shape index (κ2) is 9.86. The van der Waals surface area contributed by atoms with Crippen molar-refractivity contribution in [1.29, 1.82) is 0 Å². The summed E-state index contributed by atoms with van der Waals surface area (Å²) >= 11 is 1.41. The minimum Gasteiger partial charge on any atom is -0.348 e. The highest BCUT2D eigenvalue weighted by atomic mass is 32.2. The van der Waals surface area contributed by atoms with Crippen molar-refractivity contribution in [3.63, 3.8) is 0 Å². The fraction of sp³-hybridized carbons (Fsp3) is 0.261. The molecule has 1 saturated heterocycles. The number of para-hydroxylation sites is 1. The van der Waals surface area contributed by atoms with E-state index in [0.717, 1.165) is 5.69 Å². The first-order chi connectivity index (χ1) is 15.5. The standard InChI is InChI=1S/C23H24FN5O2S/c1-32-23-25-15-20(29(23)19-9-7-16(24)8-10-19)21(30)26-18-11-13-28(14-12-18)22(31)27-17-5-3-2-4-6-17/h2-10,15,18H,11-14H2,1H3,(H,26,30)(H,27,31). The molecule has 4 rings (SSSR count). The first kappa shape index (κ1) is 21.9. The first-order valence-electron chi connectivity index (χ1n) is 10.3. The maximum atomic E-state index is 13.3. The Kier molecular flexibility index (Phi) is 6.75. The number of likely N-dealkylation sites (tertiary alicyclic amines) is 1. The molecule has 0 bridgehead atoms. The van der Waals surface area contributed by atoms with Crippen LogP contribution in [0.4, 0.5) is 14.9 Å². The van der Waals surface area contributed by atoms with Crippen LogP contribution >= 0.6 is 11.8 Å². The summed E-state index contributed by atoms with van der Waals surface area (Å²) in [6, 6.07) is 15.1. The van der Waals surface area contributed by atoms with Crippen LogP contribution in [0.5, 0.6) is 0 Å². The maximum absolute atomic E-state index is 13.3. The number of hydrogen-bond donors (Lipinski definition) is 2. The van der Waals surface area contributed by atoms with E-state index in [9.17, 15) is 14.0 Å². The molecular formula is C23H24FN5O2S. The quantitative estimate of drug-likeness (QED) is 0.569. The van der Waals surface area contributed by atoms with Gasteiger partial charge in [-0.3, -0.25) is 9.36 Å². The van der Waals surface area contributed by atoms with Crippen molar-refractivity contribution in [3.05, 3.63) is 72.3 Å². The molecule has 0 saturated carbocycles.